The summed E-state index contributed by atoms with van der Waals surface area (Å²) in [6, 6.07) is 8.18. The molecule has 1 atom stereocenters. The van der Waals surface area contributed by atoms with E-state index in [0.29, 0.717) is 6.42 Å². The van der Waals surface area contributed by atoms with E-state index in [9.17, 15) is 4.79 Å². The molecular weight excluding hydrogens is 300 g/mol. The summed E-state index contributed by atoms with van der Waals surface area (Å²) in [4.78, 5) is 16.0. The van der Waals surface area contributed by atoms with Crippen molar-refractivity contribution < 1.29 is 9.53 Å². The summed E-state index contributed by atoms with van der Waals surface area (Å²) in [5.74, 6) is 0.659. The predicted octanol–water partition coefficient (Wildman–Crippen LogP) is 3.65. The molecule has 0 bridgehead atoms. The van der Waals surface area contributed by atoms with Crippen LogP contribution in [-0.4, -0.2) is 24.1 Å². The highest BCUT2D eigenvalue weighted by molar-refractivity contribution is 5.87. The first-order chi connectivity index (χ1) is 11.7. The Morgan fingerprint density at radius 1 is 1.29 bits per heavy atom. The minimum atomic E-state index is -0.250. The van der Waals surface area contributed by atoms with Crippen molar-refractivity contribution in [3.63, 3.8) is 0 Å². The van der Waals surface area contributed by atoms with Gasteiger partial charge in [0.1, 0.15) is 6.04 Å². The van der Waals surface area contributed by atoms with Crippen LogP contribution in [-0.2, 0) is 21.5 Å². The Hall–Kier alpha value is -1.81. The number of aromatic nitrogens is 1. The molecule has 1 saturated carbocycles. The van der Waals surface area contributed by atoms with Crippen LogP contribution in [0.25, 0.3) is 10.9 Å². The van der Waals surface area contributed by atoms with Crippen LogP contribution in [0.5, 0.6) is 0 Å². The Balaban J connectivity index is 1.80. The monoisotopic (exact) mass is 326 g/mol. The maximum Gasteiger partial charge on any atom is 0.323 e. The number of para-hydroxylation sites is 1. The van der Waals surface area contributed by atoms with Crippen molar-refractivity contribution in [3.05, 3.63) is 35.5 Å². The molecule has 1 aromatic heterocycles. The van der Waals surface area contributed by atoms with E-state index in [1.807, 2.05) is 0 Å². The van der Waals surface area contributed by atoms with E-state index in [4.69, 9.17) is 4.74 Å². The fraction of sp³-hybridized carbons (Fsp3) is 0.550. The molecular formula is C20H26N2O2. The molecule has 1 aromatic carbocycles. The second-order valence-electron chi connectivity index (χ2n) is 7.38. The number of carbonyl (C=O) groups is 1. The van der Waals surface area contributed by atoms with Gasteiger partial charge in [0, 0.05) is 23.0 Å². The van der Waals surface area contributed by atoms with E-state index in [1.54, 1.807) is 0 Å². The van der Waals surface area contributed by atoms with Crippen LogP contribution >= 0.6 is 0 Å². The predicted molar refractivity (Wildman–Crippen MR) is 94.9 cm³/mol. The van der Waals surface area contributed by atoms with Crippen LogP contribution in [0.15, 0.2) is 24.3 Å². The molecule has 0 unspecified atom stereocenters. The van der Waals surface area contributed by atoms with E-state index < -0.39 is 0 Å². The molecule has 1 fully saturated rings. The average Bonchev–Trinajstić information content (AvgIpc) is 3.01. The molecule has 0 amide bonds. The molecule has 128 valence electrons. The summed E-state index contributed by atoms with van der Waals surface area (Å²) in [6.07, 6.45) is 6.54. The van der Waals surface area contributed by atoms with E-state index in [-0.39, 0.29) is 17.6 Å². The normalized spacial score (nSPS) is 29.6. The molecule has 4 rings (SSSR count). The topological polar surface area (TPSA) is 54.1 Å². The number of hydrogen-bond acceptors (Lipinski definition) is 3. The molecule has 24 heavy (non-hydrogen) atoms. The van der Waals surface area contributed by atoms with Crippen LogP contribution in [0.4, 0.5) is 0 Å². The zero-order valence-electron chi connectivity index (χ0n) is 14.5. The van der Waals surface area contributed by atoms with Gasteiger partial charge in [0.25, 0.3) is 0 Å². The highest BCUT2D eigenvalue weighted by Gasteiger charge is 2.45. The lowest BCUT2D eigenvalue weighted by Crippen LogP contribution is -2.57. The Kier molecular flexibility index (Phi) is 3.87. The molecule has 1 spiro atoms. The lowest BCUT2D eigenvalue weighted by atomic mass is 9.70. The van der Waals surface area contributed by atoms with Gasteiger partial charge >= 0.3 is 5.97 Å². The summed E-state index contributed by atoms with van der Waals surface area (Å²) in [5.41, 5.74) is 3.66. The number of carbonyl (C=O) groups excluding carboxylic acids is 1. The zero-order chi connectivity index (χ0) is 16.7. The fourth-order valence-electron chi connectivity index (χ4n) is 4.74. The van der Waals surface area contributed by atoms with Gasteiger partial charge in [0.05, 0.1) is 12.6 Å². The smallest absolute Gasteiger partial charge is 0.323 e. The van der Waals surface area contributed by atoms with Crippen LogP contribution in [0.1, 0.15) is 50.3 Å². The maximum atomic E-state index is 12.3. The molecule has 2 aromatic rings. The van der Waals surface area contributed by atoms with Crippen molar-refractivity contribution in [1.29, 1.82) is 0 Å². The van der Waals surface area contributed by atoms with Gasteiger partial charge in [-0.05, 0) is 43.2 Å². The van der Waals surface area contributed by atoms with Gasteiger partial charge < -0.3 is 9.72 Å². The lowest BCUT2D eigenvalue weighted by Gasteiger charge is -2.45. The molecule has 4 nitrogen and oxygen atoms in total. The van der Waals surface area contributed by atoms with Crippen molar-refractivity contribution in [3.8, 4) is 0 Å². The van der Waals surface area contributed by atoms with Crippen molar-refractivity contribution in [2.75, 3.05) is 7.11 Å². The number of H-pyrrole nitrogens is 1. The van der Waals surface area contributed by atoms with Crippen molar-refractivity contribution in [2.45, 2.75) is 57.0 Å². The number of ether oxygens (including phenoxy) is 1. The number of esters is 1. The third-order valence-electron chi connectivity index (χ3n) is 6.17. The Morgan fingerprint density at radius 2 is 2.04 bits per heavy atom. The molecule has 2 heterocycles. The van der Waals surface area contributed by atoms with Gasteiger partial charge in [-0.2, -0.15) is 0 Å². The third kappa shape index (κ3) is 2.35. The number of hydrogen-bond donors (Lipinski definition) is 2. The molecule has 0 radical (unpaired) electrons. The Morgan fingerprint density at radius 3 is 2.75 bits per heavy atom. The zero-order valence-corrected chi connectivity index (χ0v) is 14.5. The number of benzene rings is 1. The minimum absolute atomic E-state index is 0.114. The van der Waals surface area contributed by atoms with Crippen molar-refractivity contribution in [1.82, 2.24) is 10.3 Å². The van der Waals surface area contributed by atoms with E-state index >= 15 is 0 Å². The number of aromatic amines is 1. The minimum Gasteiger partial charge on any atom is -0.468 e. The highest BCUT2D eigenvalue weighted by Crippen LogP contribution is 2.45. The molecule has 4 heteroatoms. The van der Waals surface area contributed by atoms with Gasteiger partial charge in [-0.1, -0.05) is 31.5 Å². The Bertz CT molecular complexity index is 756. The molecule has 2 N–H and O–H groups in total. The third-order valence-corrected chi connectivity index (χ3v) is 6.17. The van der Waals surface area contributed by atoms with E-state index in [2.05, 4.69) is 41.5 Å². The first kappa shape index (κ1) is 15.7. The maximum absolute atomic E-state index is 12.3. The van der Waals surface area contributed by atoms with Gasteiger partial charge in [-0.3, -0.25) is 10.1 Å². The van der Waals surface area contributed by atoms with Crippen LogP contribution in [0.3, 0.4) is 0 Å². The standard InChI is InChI=1S/C20H26N2O2/c1-3-13-8-10-20(11-9-13)18-15(12-17(22-20)19(23)24-2)14-6-4-5-7-16(14)21-18/h4-7,13,17,21-22H,3,8-12H2,1-2H3/t13?,17-,20?/m0/s1. The van der Waals surface area contributed by atoms with Gasteiger partial charge in [-0.25, -0.2) is 0 Å². The Labute approximate surface area is 143 Å². The van der Waals surface area contributed by atoms with Crippen molar-refractivity contribution >= 4 is 16.9 Å². The lowest BCUT2D eigenvalue weighted by molar-refractivity contribution is -0.144. The summed E-state index contributed by atoms with van der Waals surface area (Å²) in [6.45, 7) is 2.28. The average molecular weight is 326 g/mol. The largest absolute Gasteiger partial charge is 0.468 e. The summed E-state index contributed by atoms with van der Waals surface area (Å²) >= 11 is 0. The molecule has 0 saturated heterocycles. The van der Waals surface area contributed by atoms with Crippen LogP contribution in [0.2, 0.25) is 0 Å². The summed E-state index contributed by atoms with van der Waals surface area (Å²) in [7, 11) is 1.48. The summed E-state index contributed by atoms with van der Waals surface area (Å²) in [5, 5.41) is 4.93. The number of rotatable bonds is 2. The number of methoxy groups -OCH3 is 1. The second kappa shape index (κ2) is 5.92. The first-order valence-electron chi connectivity index (χ1n) is 9.12. The van der Waals surface area contributed by atoms with E-state index in [0.717, 1.165) is 18.8 Å². The van der Waals surface area contributed by atoms with Gasteiger partial charge in [0.15, 0.2) is 0 Å². The summed E-state index contributed by atoms with van der Waals surface area (Å²) < 4.78 is 5.06. The molecule has 2 aliphatic rings. The SMILES string of the molecule is CCC1CCC2(CC1)N[C@H](C(=O)OC)Cc1c2[nH]c2ccccc12. The number of nitrogens with one attached hydrogen (secondary N) is 2. The second-order valence-corrected chi connectivity index (χ2v) is 7.38. The molecule has 1 aliphatic carbocycles. The first-order valence-corrected chi connectivity index (χ1v) is 9.12. The van der Waals surface area contributed by atoms with Crippen LogP contribution in [0, 0.1) is 5.92 Å². The number of fused-ring (bicyclic) bond motifs is 4. The van der Waals surface area contributed by atoms with Gasteiger partial charge in [0.2, 0.25) is 0 Å². The van der Waals surface area contributed by atoms with E-state index in [1.165, 1.54) is 48.5 Å². The highest BCUT2D eigenvalue weighted by atomic mass is 16.5. The van der Waals surface area contributed by atoms with Crippen molar-refractivity contribution in [2.24, 2.45) is 5.92 Å². The van der Waals surface area contributed by atoms with Gasteiger partial charge in [-0.15, -0.1) is 0 Å². The van der Waals surface area contributed by atoms with Crippen LogP contribution < -0.4 is 5.32 Å². The molecule has 1 aliphatic heterocycles. The fourth-order valence-corrected chi connectivity index (χ4v) is 4.74. The quantitative estimate of drug-likeness (QED) is 0.828.